The molecule has 7 nitrogen and oxygen atoms in total. The van der Waals surface area contributed by atoms with Crippen LogP contribution in [0, 0.1) is 12.7 Å². The Hall–Kier alpha value is -3.10. The first-order valence-corrected chi connectivity index (χ1v) is 12.0. The number of hydrogen-bond donors (Lipinski definition) is 5. The zero-order valence-electron chi connectivity index (χ0n) is 19.4. The van der Waals surface area contributed by atoms with Crippen LogP contribution in [0.3, 0.4) is 0 Å². The van der Waals surface area contributed by atoms with E-state index >= 15 is 0 Å². The number of halogens is 1. The van der Waals surface area contributed by atoms with Crippen molar-refractivity contribution in [2.24, 2.45) is 0 Å². The Kier molecular flexibility index (Phi) is 6.18. The molecule has 0 saturated carbocycles. The lowest BCUT2D eigenvalue weighted by atomic mass is 9.89. The van der Waals surface area contributed by atoms with Gasteiger partial charge in [-0.15, -0.1) is 0 Å². The number of aromatic nitrogens is 2. The predicted octanol–water partition coefficient (Wildman–Crippen LogP) is 3.60. The van der Waals surface area contributed by atoms with Crippen LogP contribution in [-0.4, -0.2) is 63.3 Å². The van der Waals surface area contributed by atoms with Gasteiger partial charge in [0.05, 0.1) is 22.9 Å². The molecule has 3 heterocycles. The number of aliphatic hydroxyl groups is 1. The molecule has 180 valence electrons. The monoisotopic (exact) mass is 466 g/mol. The minimum Gasteiger partial charge on any atom is -0.494 e. The van der Waals surface area contributed by atoms with E-state index in [1.807, 2.05) is 13.0 Å². The number of amides is 1. The first-order valence-electron chi connectivity index (χ1n) is 12.0. The molecular weight excluding hydrogens is 435 g/mol. The number of benzene rings is 1. The van der Waals surface area contributed by atoms with Gasteiger partial charge in [0.15, 0.2) is 5.88 Å². The van der Waals surface area contributed by atoms with E-state index in [1.165, 1.54) is 18.6 Å². The molecule has 1 unspecified atom stereocenters. The zero-order chi connectivity index (χ0) is 23.8. The zero-order valence-corrected chi connectivity index (χ0v) is 19.4. The molecule has 8 heteroatoms. The number of hydrogen-bond acceptors (Lipinski definition) is 4. The van der Waals surface area contributed by atoms with Gasteiger partial charge < -0.3 is 30.4 Å². The lowest BCUT2D eigenvalue weighted by Crippen LogP contribution is -2.42. The number of fused-ring (bicyclic) bond motifs is 2. The third kappa shape index (κ3) is 4.23. The SMILES string of the molecule is Cc1[nH]c2c(c1C(=O)NCC(O)CN1CCCCC1)CCC=C2c1c(O)[nH]c2ccc(F)cc12. The molecule has 5 rings (SSSR count). The first kappa shape index (κ1) is 22.7. The van der Waals surface area contributed by atoms with Gasteiger partial charge in [-0.2, -0.15) is 0 Å². The molecule has 1 aliphatic carbocycles. The highest BCUT2D eigenvalue weighted by molar-refractivity contribution is 6.03. The van der Waals surface area contributed by atoms with Gasteiger partial charge in [-0.05, 0) is 69.5 Å². The number of allylic oxidation sites excluding steroid dienone is 1. The van der Waals surface area contributed by atoms with E-state index in [0.717, 1.165) is 48.5 Å². The van der Waals surface area contributed by atoms with Crippen molar-refractivity contribution in [1.29, 1.82) is 0 Å². The summed E-state index contributed by atoms with van der Waals surface area (Å²) in [6.45, 7) is 4.60. The van der Waals surface area contributed by atoms with E-state index < -0.39 is 6.10 Å². The highest BCUT2D eigenvalue weighted by atomic mass is 19.1. The fourth-order valence-corrected chi connectivity index (χ4v) is 5.38. The van der Waals surface area contributed by atoms with E-state index in [-0.39, 0.29) is 24.1 Å². The van der Waals surface area contributed by atoms with Gasteiger partial charge >= 0.3 is 0 Å². The summed E-state index contributed by atoms with van der Waals surface area (Å²) in [6, 6.07) is 4.36. The van der Waals surface area contributed by atoms with Gasteiger partial charge in [-0.3, -0.25) is 4.79 Å². The number of rotatable bonds is 6. The number of piperidine rings is 1. The number of H-pyrrole nitrogens is 2. The number of carbonyl (C=O) groups excluding carboxylic acids is 1. The lowest BCUT2D eigenvalue weighted by molar-refractivity contribution is 0.0830. The Morgan fingerprint density at radius 3 is 2.82 bits per heavy atom. The van der Waals surface area contributed by atoms with Crippen molar-refractivity contribution in [3.63, 3.8) is 0 Å². The smallest absolute Gasteiger partial charge is 0.253 e. The standard InChI is InChI=1S/C26H31FN4O3/c1-15-22(25(33)28-13-17(32)14-31-10-3-2-4-11-31)18-6-5-7-19(24(18)29-15)23-20-12-16(27)8-9-21(20)30-26(23)34/h7-9,12,17,29-30,32,34H,2-6,10-11,13-14H2,1H3,(H,28,33). The summed E-state index contributed by atoms with van der Waals surface area (Å²) in [5, 5.41) is 24.6. The van der Waals surface area contributed by atoms with Crippen molar-refractivity contribution in [2.75, 3.05) is 26.2 Å². The molecule has 1 aromatic carbocycles. The molecule has 1 amide bonds. The summed E-state index contributed by atoms with van der Waals surface area (Å²) in [5.41, 5.74) is 4.88. The molecule has 1 atom stereocenters. The Balaban J connectivity index is 1.37. The van der Waals surface area contributed by atoms with Gasteiger partial charge in [0, 0.05) is 35.3 Å². The summed E-state index contributed by atoms with van der Waals surface area (Å²) in [4.78, 5) is 21.6. The minimum absolute atomic E-state index is 0.0289. The van der Waals surface area contributed by atoms with Crippen molar-refractivity contribution in [3.05, 3.63) is 58.2 Å². The molecule has 34 heavy (non-hydrogen) atoms. The van der Waals surface area contributed by atoms with Gasteiger partial charge in [-0.25, -0.2) is 4.39 Å². The maximum Gasteiger partial charge on any atom is 0.253 e. The van der Waals surface area contributed by atoms with Crippen molar-refractivity contribution in [2.45, 2.75) is 45.1 Å². The van der Waals surface area contributed by atoms with Crippen LogP contribution in [0.5, 0.6) is 5.88 Å². The first-order chi connectivity index (χ1) is 16.4. The van der Waals surface area contributed by atoms with Crippen LogP contribution in [0.25, 0.3) is 16.5 Å². The Bertz CT molecular complexity index is 1250. The van der Waals surface area contributed by atoms with Crippen LogP contribution in [0.2, 0.25) is 0 Å². The van der Waals surface area contributed by atoms with Gasteiger partial charge in [0.25, 0.3) is 5.91 Å². The minimum atomic E-state index is -0.620. The third-order valence-corrected chi connectivity index (χ3v) is 6.96. The summed E-state index contributed by atoms with van der Waals surface area (Å²) < 4.78 is 14.0. The summed E-state index contributed by atoms with van der Waals surface area (Å²) >= 11 is 0. The number of aromatic amines is 2. The van der Waals surface area contributed by atoms with Crippen LogP contribution < -0.4 is 5.32 Å². The summed E-state index contributed by atoms with van der Waals surface area (Å²) in [6.07, 6.45) is 6.31. The van der Waals surface area contributed by atoms with E-state index in [0.29, 0.717) is 41.4 Å². The van der Waals surface area contributed by atoms with Gasteiger partial charge in [-0.1, -0.05) is 12.5 Å². The molecule has 3 aromatic rings. The second kappa shape index (κ2) is 9.27. The predicted molar refractivity (Wildman–Crippen MR) is 129 cm³/mol. The van der Waals surface area contributed by atoms with Crippen molar-refractivity contribution >= 4 is 22.4 Å². The van der Waals surface area contributed by atoms with Crippen LogP contribution >= 0.6 is 0 Å². The fourth-order valence-electron chi connectivity index (χ4n) is 5.38. The third-order valence-electron chi connectivity index (χ3n) is 6.96. The number of carbonyl (C=O) groups is 1. The molecule has 2 aromatic heterocycles. The Morgan fingerprint density at radius 2 is 2.03 bits per heavy atom. The molecule has 1 saturated heterocycles. The number of aliphatic hydroxyl groups excluding tert-OH is 1. The topological polar surface area (TPSA) is 104 Å². The average molecular weight is 467 g/mol. The van der Waals surface area contributed by atoms with Crippen LogP contribution in [0.1, 0.15) is 58.6 Å². The molecule has 0 radical (unpaired) electrons. The van der Waals surface area contributed by atoms with Crippen LogP contribution in [-0.2, 0) is 6.42 Å². The lowest BCUT2D eigenvalue weighted by Gasteiger charge is -2.28. The normalized spacial score (nSPS) is 17.4. The maximum absolute atomic E-state index is 14.0. The highest BCUT2D eigenvalue weighted by Gasteiger charge is 2.28. The Labute approximate surface area is 197 Å². The largest absolute Gasteiger partial charge is 0.494 e. The quantitative estimate of drug-likeness (QED) is 0.383. The van der Waals surface area contributed by atoms with Gasteiger partial charge in [0.2, 0.25) is 0 Å². The van der Waals surface area contributed by atoms with Crippen molar-refractivity contribution in [1.82, 2.24) is 20.2 Å². The van der Waals surface area contributed by atoms with Crippen LogP contribution in [0.15, 0.2) is 24.3 Å². The maximum atomic E-state index is 14.0. The second-order valence-corrected chi connectivity index (χ2v) is 9.40. The number of aryl methyl sites for hydroxylation is 1. The fraction of sp³-hybridized carbons (Fsp3) is 0.423. The van der Waals surface area contributed by atoms with Gasteiger partial charge in [0.1, 0.15) is 5.82 Å². The molecule has 5 N–H and O–H groups in total. The van der Waals surface area contributed by atoms with E-state index in [4.69, 9.17) is 0 Å². The average Bonchev–Trinajstić information content (AvgIpc) is 3.33. The molecule has 2 aliphatic rings. The molecule has 0 spiro atoms. The molecule has 0 bridgehead atoms. The second-order valence-electron chi connectivity index (χ2n) is 9.40. The van der Waals surface area contributed by atoms with Crippen molar-refractivity contribution < 1.29 is 19.4 Å². The number of nitrogens with one attached hydrogen (secondary N) is 3. The van der Waals surface area contributed by atoms with E-state index in [9.17, 15) is 19.4 Å². The summed E-state index contributed by atoms with van der Waals surface area (Å²) in [5.74, 6) is -0.628. The number of aromatic hydroxyl groups is 1. The van der Waals surface area contributed by atoms with Crippen molar-refractivity contribution in [3.8, 4) is 5.88 Å². The van der Waals surface area contributed by atoms with Crippen LogP contribution in [0.4, 0.5) is 4.39 Å². The Morgan fingerprint density at radius 1 is 1.24 bits per heavy atom. The molecule has 1 aliphatic heterocycles. The number of nitrogens with zero attached hydrogens (tertiary/aromatic N) is 1. The number of β-amino-alcohol motifs (C(OH)–C–C–N with tert-alkyl or cyclic N) is 1. The number of likely N-dealkylation sites (tertiary alicyclic amines) is 1. The highest BCUT2D eigenvalue weighted by Crippen LogP contribution is 2.41. The molecule has 1 fully saturated rings. The van der Waals surface area contributed by atoms with E-state index in [1.54, 1.807) is 6.07 Å². The molecular formula is C26H31FN4O3. The van der Waals surface area contributed by atoms with E-state index in [2.05, 4.69) is 20.2 Å². The summed E-state index contributed by atoms with van der Waals surface area (Å²) in [7, 11) is 0.